The molecule has 52 heavy (non-hydrogen) atoms. The molecule has 10 nitrogen and oxygen atoms in total. The van der Waals surface area contributed by atoms with E-state index < -0.39 is 37.8 Å². The summed E-state index contributed by atoms with van der Waals surface area (Å²) in [4.78, 5) is 8.58. The first-order valence-corrected chi connectivity index (χ1v) is 19.9. The van der Waals surface area contributed by atoms with Gasteiger partial charge < -0.3 is 8.83 Å². The first kappa shape index (κ1) is 36.1. The molecule has 3 aliphatic carbocycles. The number of rotatable bonds is 8. The van der Waals surface area contributed by atoms with Gasteiger partial charge in [-0.25, -0.2) is 50.3 Å². The number of nitrogens with zero attached hydrogens (tertiary/aromatic N) is 2. The van der Waals surface area contributed by atoms with Crippen LogP contribution in [0.5, 0.6) is 0 Å². The van der Waals surface area contributed by atoms with Crippen LogP contribution in [0, 0.1) is 11.2 Å². The molecule has 5 aromatic rings. The van der Waals surface area contributed by atoms with Crippen molar-refractivity contribution in [2.24, 2.45) is 15.7 Å². The van der Waals surface area contributed by atoms with E-state index >= 15 is 0 Å². The molecule has 0 saturated heterocycles. The molecular weight excluding hydrogens is 718 g/mol. The molecule has 0 bridgehead atoms. The third kappa shape index (κ3) is 6.82. The molecule has 4 atom stereocenters. The lowest BCUT2D eigenvalue weighted by atomic mass is 10.0. The average Bonchev–Trinajstić information content (AvgIpc) is 3.55. The Hall–Kier alpha value is -4.31. The molecular formula is C37H37F3N4O6S2. The van der Waals surface area contributed by atoms with Gasteiger partial charge in [0.25, 0.3) is 5.92 Å². The van der Waals surface area contributed by atoms with Gasteiger partial charge in [-0.05, 0) is 65.8 Å². The van der Waals surface area contributed by atoms with Crippen LogP contribution >= 0.6 is 0 Å². The van der Waals surface area contributed by atoms with Crippen molar-refractivity contribution < 1.29 is 38.8 Å². The molecule has 2 aromatic heterocycles. The summed E-state index contributed by atoms with van der Waals surface area (Å²) in [7, 11) is -7.56. The number of alkyl halides is 2. The minimum absolute atomic E-state index is 0.0263. The van der Waals surface area contributed by atoms with Gasteiger partial charge in [0, 0.05) is 23.3 Å². The number of aromatic nitrogens is 2. The number of nitrogens with two attached hydrogens (primary N) is 2. The van der Waals surface area contributed by atoms with Gasteiger partial charge in [0.1, 0.15) is 29.5 Å². The highest BCUT2D eigenvalue weighted by Gasteiger charge is 2.71. The van der Waals surface area contributed by atoms with Crippen LogP contribution in [0.15, 0.2) is 104 Å². The van der Waals surface area contributed by atoms with Crippen LogP contribution in [0.4, 0.5) is 13.2 Å². The normalized spacial score (nSPS) is 23.5. The van der Waals surface area contributed by atoms with E-state index in [9.17, 15) is 30.0 Å². The lowest BCUT2D eigenvalue weighted by Crippen LogP contribution is -2.11. The Kier molecular flexibility index (Phi) is 9.00. The Morgan fingerprint density at radius 3 is 1.87 bits per heavy atom. The number of halogens is 3. The maximum Gasteiger partial charge on any atom is 0.268 e. The molecule has 15 heteroatoms. The molecule has 3 saturated carbocycles. The zero-order valence-corrected chi connectivity index (χ0v) is 29.9. The fraction of sp³-hybridized carbons (Fsp3) is 0.351. The highest BCUT2D eigenvalue weighted by Crippen LogP contribution is 2.70. The zero-order valence-electron chi connectivity index (χ0n) is 28.2. The Balaban J connectivity index is 0.000000162. The molecule has 3 aromatic carbocycles. The molecule has 4 N–H and O–H groups in total. The quantitative estimate of drug-likeness (QED) is 0.164. The minimum atomic E-state index is -3.84. The Labute approximate surface area is 299 Å². The van der Waals surface area contributed by atoms with Crippen molar-refractivity contribution in [3.63, 3.8) is 0 Å². The maximum absolute atomic E-state index is 14.3. The molecule has 274 valence electrons. The van der Waals surface area contributed by atoms with E-state index in [0.29, 0.717) is 28.5 Å². The van der Waals surface area contributed by atoms with Crippen LogP contribution in [0.2, 0.25) is 0 Å². The molecule has 0 amide bonds. The lowest BCUT2D eigenvalue weighted by Gasteiger charge is -2.04. The van der Waals surface area contributed by atoms with Crippen LogP contribution in [0.1, 0.15) is 97.8 Å². The lowest BCUT2D eigenvalue weighted by molar-refractivity contribution is 0.101. The Bertz CT molecular complexity index is 2320. The van der Waals surface area contributed by atoms with Gasteiger partial charge in [-0.3, -0.25) is 0 Å². The Morgan fingerprint density at radius 1 is 0.750 bits per heavy atom. The van der Waals surface area contributed by atoms with Crippen LogP contribution in [0.25, 0.3) is 11.3 Å². The fourth-order valence-electron chi connectivity index (χ4n) is 7.57. The van der Waals surface area contributed by atoms with Crippen LogP contribution < -0.4 is 10.3 Å². The Morgan fingerprint density at radius 2 is 1.31 bits per heavy atom. The number of hydrogen-bond donors (Lipinski definition) is 2. The van der Waals surface area contributed by atoms with Crippen LogP contribution in [-0.2, 0) is 20.0 Å². The van der Waals surface area contributed by atoms with E-state index in [1.807, 2.05) is 0 Å². The first-order valence-electron chi connectivity index (χ1n) is 16.8. The van der Waals surface area contributed by atoms with Crippen molar-refractivity contribution in [3.05, 3.63) is 120 Å². The summed E-state index contributed by atoms with van der Waals surface area (Å²) in [5.41, 5.74) is 2.10. The van der Waals surface area contributed by atoms with E-state index in [-0.39, 0.29) is 44.7 Å². The van der Waals surface area contributed by atoms with E-state index in [0.717, 1.165) is 31.2 Å². The van der Waals surface area contributed by atoms with Crippen molar-refractivity contribution in [2.45, 2.75) is 84.8 Å². The predicted octanol–water partition coefficient (Wildman–Crippen LogP) is 7.53. The van der Waals surface area contributed by atoms with Crippen molar-refractivity contribution in [2.75, 3.05) is 0 Å². The highest BCUT2D eigenvalue weighted by molar-refractivity contribution is 7.89. The largest absolute Gasteiger partial charge is 0.448 e. The molecule has 0 aliphatic heterocycles. The van der Waals surface area contributed by atoms with Crippen molar-refractivity contribution >= 4 is 20.0 Å². The van der Waals surface area contributed by atoms with Crippen LogP contribution in [0.3, 0.4) is 0 Å². The summed E-state index contributed by atoms with van der Waals surface area (Å²) < 4.78 is 99.3. The van der Waals surface area contributed by atoms with Gasteiger partial charge in [-0.15, -0.1) is 0 Å². The van der Waals surface area contributed by atoms with Gasteiger partial charge in [-0.2, -0.15) is 0 Å². The predicted molar refractivity (Wildman–Crippen MR) is 185 cm³/mol. The van der Waals surface area contributed by atoms with Gasteiger partial charge in [0.05, 0.1) is 21.9 Å². The average molecular weight is 755 g/mol. The van der Waals surface area contributed by atoms with E-state index in [2.05, 4.69) is 23.8 Å². The molecule has 3 aliphatic rings. The number of benzene rings is 3. The third-order valence-electron chi connectivity index (χ3n) is 10.5. The van der Waals surface area contributed by atoms with Crippen LogP contribution in [-0.4, -0.2) is 32.7 Å². The standard InChI is InChI=1S/C20H19FN2O3S.C17H18F2N2O3S/c1-20(2)17(12-7-9-13(10-8-12)27(22,24)25)18(20)19-23-16(11-26-19)14-5-3-4-6-15(14)21;18-17(19)14(11-5-7-12(8-6-11)25(20,22)23)15(17)16-21-9-13(24-16)10-3-1-2-4-10/h3-11,17-18H,1-2H3,(H2,22,24,25);5-10,14-15H,1-4H2,(H2,20,22,23)/t17-,18+;14-,15+/m01/s1. The number of sulfonamides is 2. The number of oxazole rings is 2. The van der Waals surface area contributed by atoms with Crippen molar-refractivity contribution in [1.82, 2.24) is 9.97 Å². The third-order valence-corrected chi connectivity index (χ3v) is 12.4. The highest BCUT2D eigenvalue weighted by atomic mass is 32.2. The molecule has 2 heterocycles. The van der Waals surface area contributed by atoms with Crippen molar-refractivity contribution in [3.8, 4) is 11.3 Å². The first-order chi connectivity index (χ1) is 24.5. The summed E-state index contributed by atoms with van der Waals surface area (Å²) in [6, 6.07) is 18.2. The minimum Gasteiger partial charge on any atom is -0.448 e. The fourth-order valence-corrected chi connectivity index (χ4v) is 8.60. The van der Waals surface area contributed by atoms with Gasteiger partial charge in [-0.1, -0.05) is 63.1 Å². The summed E-state index contributed by atoms with van der Waals surface area (Å²) in [6.07, 6.45) is 7.31. The number of primary sulfonamides is 2. The smallest absolute Gasteiger partial charge is 0.268 e. The van der Waals surface area contributed by atoms with E-state index in [4.69, 9.17) is 19.1 Å². The summed E-state index contributed by atoms with van der Waals surface area (Å²) in [6.45, 7) is 4.20. The summed E-state index contributed by atoms with van der Waals surface area (Å²) in [5.74, 6) is -3.73. The molecule has 0 unspecified atom stereocenters. The topological polar surface area (TPSA) is 172 Å². The summed E-state index contributed by atoms with van der Waals surface area (Å²) >= 11 is 0. The SMILES string of the molecule is CC1(C)[C@@H](c2ccc(S(N)(=O)=O)cc2)[C@@H]1c1nc(-c2ccccc2F)co1.NS(=O)(=O)c1ccc([C@@H]2[C@@H](c3ncc(C4CCCC4)o3)C2(F)F)cc1. The monoisotopic (exact) mass is 754 g/mol. The molecule has 8 rings (SSSR count). The molecule has 3 fully saturated rings. The molecule has 0 spiro atoms. The van der Waals surface area contributed by atoms with Gasteiger partial charge in [0.2, 0.25) is 25.9 Å². The van der Waals surface area contributed by atoms with Crippen molar-refractivity contribution in [1.29, 1.82) is 0 Å². The maximum atomic E-state index is 14.3. The van der Waals surface area contributed by atoms with E-state index in [1.165, 1.54) is 48.7 Å². The summed E-state index contributed by atoms with van der Waals surface area (Å²) in [5, 5.41) is 10.2. The van der Waals surface area contributed by atoms with E-state index in [1.54, 1.807) is 36.5 Å². The second-order valence-electron chi connectivity index (χ2n) is 14.3. The van der Waals surface area contributed by atoms with Gasteiger partial charge in [0.15, 0.2) is 5.89 Å². The zero-order chi connectivity index (χ0) is 37.2. The second-order valence-corrected chi connectivity index (χ2v) is 17.4. The number of hydrogen-bond acceptors (Lipinski definition) is 8. The molecule has 0 radical (unpaired) electrons. The van der Waals surface area contributed by atoms with Gasteiger partial charge >= 0.3 is 0 Å². The second kappa shape index (κ2) is 13.0.